The highest BCUT2D eigenvalue weighted by atomic mass is 19.1. The molecule has 0 aliphatic carbocycles. The molecule has 1 heterocycles. The molecular formula is C30H36FN3O2. The zero-order chi connectivity index (χ0) is 25.0. The first-order chi connectivity index (χ1) is 17.7. The van der Waals surface area contributed by atoms with E-state index in [1.807, 2.05) is 59.5 Å². The SMILES string of the molecule is O=C(COc1ccccc1)N1CCCCCCCNCc2cc(NCCc3ccc(F)cc3)ccc21. The summed E-state index contributed by atoms with van der Waals surface area (Å²) >= 11 is 0. The van der Waals surface area contributed by atoms with Crippen LogP contribution in [0.15, 0.2) is 72.8 Å². The molecule has 1 aliphatic rings. The van der Waals surface area contributed by atoms with Crippen LogP contribution in [0.5, 0.6) is 5.75 Å². The van der Waals surface area contributed by atoms with Crippen LogP contribution in [0.3, 0.4) is 0 Å². The van der Waals surface area contributed by atoms with Gasteiger partial charge < -0.3 is 20.3 Å². The summed E-state index contributed by atoms with van der Waals surface area (Å²) < 4.78 is 19.0. The third-order valence-electron chi connectivity index (χ3n) is 6.48. The highest BCUT2D eigenvalue weighted by molar-refractivity contribution is 5.95. The van der Waals surface area contributed by atoms with Crippen LogP contribution >= 0.6 is 0 Å². The van der Waals surface area contributed by atoms with Crippen LogP contribution in [0, 0.1) is 5.82 Å². The van der Waals surface area contributed by atoms with Gasteiger partial charge in [0.15, 0.2) is 6.61 Å². The van der Waals surface area contributed by atoms with E-state index in [1.165, 1.54) is 31.4 Å². The molecule has 1 amide bonds. The molecule has 3 aromatic rings. The second-order valence-corrected chi connectivity index (χ2v) is 9.24. The van der Waals surface area contributed by atoms with E-state index in [0.717, 1.165) is 54.9 Å². The molecule has 4 rings (SSSR count). The Morgan fingerprint density at radius 1 is 0.944 bits per heavy atom. The molecule has 6 heteroatoms. The van der Waals surface area contributed by atoms with Crippen molar-refractivity contribution < 1.29 is 13.9 Å². The number of para-hydroxylation sites is 1. The first-order valence-electron chi connectivity index (χ1n) is 13.0. The normalized spacial score (nSPS) is 14.8. The Kier molecular flexibility index (Phi) is 9.74. The summed E-state index contributed by atoms with van der Waals surface area (Å²) in [6.45, 7) is 3.10. The summed E-state index contributed by atoms with van der Waals surface area (Å²) in [6.07, 6.45) is 6.45. The van der Waals surface area contributed by atoms with Gasteiger partial charge in [0.05, 0.1) is 0 Å². The smallest absolute Gasteiger partial charge is 0.264 e. The van der Waals surface area contributed by atoms with Gasteiger partial charge in [0.2, 0.25) is 0 Å². The van der Waals surface area contributed by atoms with E-state index in [9.17, 15) is 9.18 Å². The first kappa shape index (κ1) is 25.7. The van der Waals surface area contributed by atoms with Crippen molar-refractivity contribution in [3.05, 3.63) is 89.7 Å². The van der Waals surface area contributed by atoms with Gasteiger partial charge >= 0.3 is 0 Å². The van der Waals surface area contributed by atoms with Crippen LogP contribution in [0.1, 0.15) is 43.2 Å². The number of rotatable bonds is 7. The molecule has 5 nitrogen and oxygen atoms in total. The highest BCUT2D eigenvalue weighted by Crippen LogP contribution is 2.26. The van der Waals surface area contributed by atoms with Crippen LogP contribution in [0.4, 0.5) is 15.8 Å². The fourth-order valence-electron chi connectivity index (χ4n) is 4.50. The Hall–Kier alpha value is -3.38. The third-order valence-corrected chi connectivity index (χ3v) is 6.48. The number of fused-ring (bicyclic) bond motifs is 1. The number of benzene rings is 3. The maximum absolute atomic E-state index is 13.3. The lowest BCUT2D eigenvalue weighted by molar-refractivity contribution is -0.120. The molecule has 0 radical (unpaired) electrons. The lowest BCUT2D eigenvalue weighted by Crippen LogP contribution is -2.37. The second-order valence-electron chi connectivity index (χ2n) is 9.24. The summed E-state index contributed by atoms with van der Waals surface area (Å²) in [5.41, 5.74) is 4.13. The van der Waals surface area contributed by atoms with Crippen LogP contribution in [0.2, 0.25) is 0 Å². The molecule has 190 valence electrons. The summed E-state index contributed by atoms with van der Waals surface area (Å²) in [4.78, 5) is 15.2. The molecular weight excluding hydrogens is 453 g/mol. The first-order valence-corrected chi connectivity index (χ1v) is 13.0. The predicted octanol–water partition coefficient (Wildman–Crippen LogP) is 5.95. The van der Waals surface area contributed by atoms with E-state index >= 15 is 0 Å². The number of carbonyl (C=O) groups excluding carboxylic acids is 1. The molecule has 0 saturated heterocycles. The Morgan fingerprint density at radius 2 is 1.72 bits per heavy atom. The third kappa shape index (κ3) is 7.82. The van der Waals surface area contributed by atoms with E-state index in [4.69, 9.17) is 4.74 Å². The van der Waals surface area contributed by atoms with E-state index in [-0.39, 0.29) is 18.3 Å². The standard InChI is InChI=1S/C30H36FN3O2/c31-26-13-11-24(12-14-26)17-19-33-27-15-16-29-25(21-27)22-32-18-7-2-1-3-8-20-34(29)30(35)23-36-28-9-5-4-6-10-28/h4-6,9-16,21,32-33H,1-3,7-8,17-20,22-23H2. The molecule has 2 N–H and O–H groups in total. The van der Waals surface area contributed by atoms with Crippen molar-refractivity contribution in [2.75, 3.05) is 36.5 Å². The highest BCUT2D eigenvalue weighted by Gasteiger charge is 2.20. The average Bonchev–Trinajstić information content (AvgIpc) is 2.90. The zero-order valence-electron chi connectivity index (χ0n) is 20.8. The molecule has 36 heavy (non-hydrogen) atoms. The Labute approximate surface area is 213 Å². The number of hydrogen-bond acceptors (Lipinski definition) is 4. The molecule has 3 aromatic carbocycles. The summed E-state index contributed by atoms with van der Waals surface area (Å²) in [5, 5.41) is 7.04. The topological polar surface area (TPSA) is 53.6 Å². The maximum atomic E-state index is 13.3. The van der Waals surface area contributed by atoms with Gasteiger partial charge in [-0.25, -0.2) is 4.39 Å². The Bertz CT molecular complexity index is 1090. The van der Waals surface area contributed by atoms with Gasteiger partial charge in [0, 0.05) is 31.0 Å². The number of nitrogens with one attached hydrogen (secondary N) is 2. The Morgan fingerprint density at radius 3 is 2.56 bits per heavy atom. The van der Waals surface area contributed by atoms with Crippen molar-refractivity contribution in [2.24, 2.45) is 0 Å². The van der Waals surface area contributed by atoms with Crippen molar-refractivity contribution >= 4 is 17.3 Å². The van der Waals surface area contributed by atoms with Gasteiger partial charge in [-0.3, -0.25) is 4.79 Å². The quantitative estimate of drug-likeness (QED) is 0.431. The molecule has 0 atom stereocenters. The number of anilines is 2. The molecule has 0 aromatic heterocycles. The molecule has 1 aliphatic heterocycles. The second kappa shape index (κ2) is 13.6. The fourth-order valence-corrected chi connectivity index (χ4v) is 4.50. The van der Waals surface area contributed by atoms with Crippen molar-refractivity contribution in [2.45, 2.75) is 45.1 Å². The van der Waals surface area contributed by atoms with Gasteiger partial charge in [-0.05, 0) is 79.4 Å². The molecule has 0 saturated carbocycles. The van der Waals surface area contributed by atoms with E-state index < -0.39 is 0 Å². The lowest BCUT2D eigenvalue weighted by atomic mass is 10.1. The largest absolute Gasteiger partial charge is 0.484 e. The molecule has 0 unspecified atom stereocenters. The summed E-state index contributed by atoms with van der Waals surface area (Å²) in [5.74, 6) is 0.448. The number of halogens is 1. The van der Waals surface area contributed by atoms with Gasteiger partial charge in [-0.15, -0.1) is 0 Å². The van der Waals surface area contributed by atoms with E-state index in [0.29, 0.717) is 18.8 Å². The number of hydrogen-bond donors (Lipinski definition) is 2. The minimum Gasteiger partial charge on any atom is -0.484 e. The van der Waals surface area contributed by atoms with Gasteiger partial charge in [-0.2, -0.15) is 0 Å². The minimum absolute atomic E-state index is 0.00849. The predicted molar refractivity (Wildman–Crippen MR) is 144 cm³/mol. The summed E-state index contributed by atoms with van der Waals surface area (Å²) in [7, 11) is 0. The van der Waals surface area contributed by atoms with Crippen LogP contribution in [0.25, 0.3) is 0 Å². The van der Waals surface area contributed by atoms with Gasteiger partial charge in [0.1, 0.15) is 11.6 Å². The number of amides is 1. The van der Waals surface area contributed by atoms with Crippen molar-refractivity contribution in [3.63, 3.8) is 0 Å². The van der Waals surface area contributed by atoms with E-state index in [2.05, 4.69) is 16.7 Å². The van der Waals surface area contributed by atoms with Crippen LogP contribution in [-0.4, -0.2) is 32.1 Å². The van der Waals surface area contributed by atoms with Gasteiger partial charge in [-0.1, -0.05) is 49.6 Å². The zero-order valence-corrected chi connectivity index (χ0v) is 20.8. The fraction of sp³-hybridized carbons (Fsp3) is 0.367. The summed E-state index contributed by atoms with van der Waals surface area (Å²) in [6, 6.07) is 22.3. The number of nitrogens with zero attached hydrogens (tertiary/aromatic N) is 1. The average molecular weight is 490 g/mol. The van der Waals surface area contributed by atoms with Crippen molar-refractivity contribution in [3.8, 4) is 5.75 Å². The van der Waals surface area contributed by atoms with Gasteiger partial charge in [0.25, 0.3) is 5.91 Å². The number of carbonyl (C=O) groups is 1. The monoisotopic (exact) mass is 489 g/mol. The minimum atomic E-state index is -0.215. The van der Waals surface area contributed by atoms with Crippen LogP contribution < -0.4 is 20.3 Å². The maximum Gasteiger partial charge on any atom is 0.264 e. The molecule has 0 fully saturated rings. The van der Waals surface area contributed by atoms with Crippen LogP contribution in [-0.2, 0) is 17.8 Å². The lowest BCUT2D eigenvalue weighted by Gasteiger charge is -2.27. The van der Waals surface area contributed by atoms with E-state index in [1.54, 1.807) is 0 Å². The number of ether oxygens (including phenoxy) is 1. The van der Waals surface area contributed by atoms with Crippen molar-refractivity contribution in [1.29, 1.82) is 0 Å². The Balaban J connectivity index is 1.48. The van der Waals surface area contributed by atoms with Crippen molar-refractivity contribution in [1.82, 2.24) is 5.32 Å². The molecule has 0 spiro atoms. The molecule has 0 bridgehead atoms.